The molecule has 1 N–H and O–H groups in total. The molecule has 0 aliphatic rings. The Morgan fingerprint density at radius 2 is 1.90 bits per heavy atom. The molecule has 0 spiro atoms. The lowest BCUT2D eigenvalue weighted by Crippen LogP contribution is -2.27. The van der Waals surface area contributed by atoms with Crippen LogP contribution in [0.3, 0.4) is 0 Å². The third kappa shape index (κ3) is 4.41. The lowest BCUT2D eigenvalue weighted by Gasteiger charge is -2.33. The SMILES string of the molecule is CCOc1cc(NC(c2ccc(C(F)(F)F)c(F)c2)C(C)(C)C)n2ncnc2n1. The van der Waals surface area contributed by atoms with Gasteiger partial charge in [-0.2, -0.15) is 32.8 Å². The molecule has 1 unspecified atom stereocenters. The number of nitrogens with zero attached hydrogens (tertiary/aromatic N) is 4. The van der Waals surface area contributed by atoms with Crippen LogP contribution in [-0.2, 0) is 6.18 Å². The van der Waals surface area contributed by atoms with E-state index >= 15 is 0 Å². The van der Waals surface area contributed by atoms with Crippen LogP contribution in [0, 0.1) is 11.2 Å². The van der Waals surface area contributed by atoms with E-state index in [0.717, 1.165) is 12.1 Å². The Bertz CT molecular complexity index is 1010. The van der Waals surface area contributed by atoms with Crippen LogP contribution in [-0.4, -0.2) is 26.2 Å². The van der Waals surface area contributed by atoms with E-state index < -0.39 is 29.0 Å². The van der Waals surface area contributed by atoms with Gasteiger partial charge in [0, 0.05) is 6.07 Å². The average Bonchev–Trinajstić information content (AvgIpc) is 3.06. The van der Waals surface area contributed by atoms with Gasteiger partial charge in [-0.15, -0.1) is 0 Å². The minimum atomic E-state index is -4.75. The molecule has 0 aliphatic heterocycles. The van der Waals surface area contributed by atoms with Gasteiger partial charge in [-0.25, -0.2) is 4.39 Å². The summed E-state index contributed by atoms with van der Waals surface area (Å²) in [4.78, 5) is 8.28. The number of fused-ring (bicyclic) bond motifs is 1. The normalized spacial score (nSPS) is 13.5. The molecule has 2 aromatic heterocycles. The predicted molar refractivity (Wildman–Crippen MR) is 99.2 cm³/mol. The molecule has 29 heavy (non-hydrogen) atoms. The highest BCUT2D eigenvalue weighted by molar-refractivity contribution is 5.49. The van der Waals surface area contributed by atoms with Crippen LogP contribution in [0.4, 0.5) is 23.4 Å². The molecule has 156 valence electrons. The summed E-state index contributed by atoms with van der Waals surface area (Å²) < 4.78 is 59.9. The summed E-state index contributed by atoms with van der Waals surface area (Å²) in [7, 11) is 0. The third-order valence-corrected chi connectivity index (χ3v) is 4.31. The fraction of sp³-hybridized carbons (Fsp3) is 0.421. The summed E-state index contributed by atoms with van der Waals surface area (Å²) in [6, 6.07) is 4.02. The Morgan fingerprint density at radius 3 is 2.48 bits per heavy atom. The van der Waals surface area contributed by atoms with Crippen LogP contribution in [0.5, 0.6) is 5.88 Å². The van der Waals surface area contributed by atoms with Gasteiger partial charge in [0.1, 0.15) is 18.0 Å². The highest BCUT2D eigenvalue weighted by Gasteiger charge is 2.35. The number of rotatable bonds is 5. The number of nitrogens with one attached hydrogen (secondary N) is 1. The maximum absolute atomic E-state index is 14.2. The Balaban J connectivity index is 2.05. The predicted octanol–water partition coefficient (Wildman–Crippen LogP) is 4.88. The summed E-state index contributed by atoms with van der Waals surface area (Å²) in [6.07, 6.45) is -3.43. The van der Waals surface area contributed by atoms with Gasteiger partial charge >= 0.3 is 6.18 Å². The van der Waals surface area contributed by atoms with Gasteiger partial charge in [0.25, 0.3) is 5.78 Å². The second-order valence-electron chi connectivity index (χ2n) is 7.56. The number of halogens is 4. The number of aromatic nitrogens is 4. The zero-order valence-corrected chi connectivity index (χ0v) is 16.4. The van der Waals surface area contributed by atoms with Crippen molar-refractivity contribution >= 4 is 11.6 Å². The van der Waals surface area contributed by atoms with E-state index in [2.05, 4.69) is 20.4 Å². The maximum Gasteiger partial charge on any atom is 0.419 e. The lowest BCUT2D eigenvalue weighted by molar-refractivity contribution is -0.140. The molecule has 0 saturated carbocycles. The molecule has 6 nitrogen and oxygen atoms in total. The molecule has 10 heteroatoms. The number of hydrogen-bond donors (Lipinski definition) is 1. The van der Waals surface area contributed by atoms with Crippen LogP contribution < -0.4 is 10.1 Å². The first kappa shape index (κ1) is 20.8. The molecule has 0 bridgehead atoms. The first-order chi connectivity index (χ1) is 13.5. The number of ether oxygens (including phenoxy) is 1. The van der Waals surface area contributed by atoms with Gasteiger partial charge in [-0.1, -0.05) is 26.8 Å². The summed E-state index contributed by atoms with van der Waals surface area (Å²) >= 11 is 0. The number of hydrogen-bond acceptors (Lipinski definition) is 5. The van der Waals surface area contributed by atoms with E-state index in [1.54, 1.807) is 6.07 Å². The molecule has 3 aromatic rings. The maximum atomic E-state index is 14.2. The first-order valence-electron chi connectivity index (χ1n) is 8.97. The van der Waals surface area contributed by atoms with Crippen molar-refractivity contribution in [3.05, 3.63) is 47.5 Å². The van der Waals surface area contributed by atoms with Crippen molar-refractivity contribution in [3.8, 4) is 5.88 Å². The smallest absolute Gasteiger partial charge is 0.419 e. The van der Waals surface area contributed by atoms with Crippen LogP contribution in [0.25, 0.3) is 5.78 Å². The fourth-order valence-corrected chi connectivity index (χ4v) is 3.00. The zero-order valence-electron chi connectivity index (χ0n) is 16.4. The molecule has 2 heterocycles. The monoisotopic (exact) mass is 411 g/mol. The Kier molecular flexibility index (Phi) is 5.38. The average molecular weight is 411 g/mol. The molecule has 0 saturated heterocycles. The quantitative estimate of drug-likeness (QED) is 0.607. The number of alkyl halides is 3. The van der Waals surface area contributed by atoms with Crippen molar-refractivity contribution in [2.45, 2.75) is 39.9 Å². The van der Waals surface area contributed by atoms with Crippen molar-refractivity contribution in [2.75, 3.05) is 11.9 Å². The van der Waals surface area contributed by atoms with E-state index in [1.807, 2.05) is 27.7 Å². The third-order valence-electron chi connectivity index (χ3n) is 4.31. The first-order valence-corrected chi connectivity index (χ1v) is 8.97. The number of benzene rings is 1. The molecule has 1 aromatic carbocycles. The van der Waals surface area contributed by atoms with Gasteiger partial charge < -0.3 is 10.1 Å². The molecule has 0 aliphatic carbocycles. The Hall–Kier alpha value is -2.91. The minimum Gasteiger partial charge on any atom is -0.478 e. The van der Waals surface area contributed by atoms with Crippen molar-refractivity contribution in [3.63, 3.8) is 0 Å². The second kappa shape index (κ2) is 7.49. The van der Waals surface area contributed by atoms with Gasteiger partial charge in [0.15, 0.2) is 0 Å². The van der Waals surface area contributed by atoms with Crippen molar-refractivity contribution in [1.82, 2.24) is 19.6 Å². The molecule has 0 radical (unpaired) electrons. The Morgan fingerprint density at radius 1 is 1.17 bits per heavy atom. The van der Waals surface area contributed by atoms with Gasteiger partial charge in [-0.3, -0.25) is 0 Å². The largest absolute Gasteiger partial charge is 0.478 e. The molecular weight excluding hydrogens is 390 g/mol. The van der Waals surface area contributed by atoms with Crippen LogP contribution >= 0.6 is 0 Å². The summed E-state index contributed by atoms with van der Waals surface area (Å²) in [5, 5.41) is 7.36. The van der Waals surface area contributed by atoms with Gasteiger partial charge in [0.05, 0.1) is 18.2 Å². The second-order valence-corrected chi connectivity index (χ2v) is 7.56. The van der Waals surface area contributed by atoms with Crippen molar-refractivity contribution in [2.24, 2.45) is 5.41 Å². The van der Waals surface area contributed by atoms with Crippen LogP contribution in [0.2, 0.25) is 0 Å². The lowest BCUT2D eigenvalue weighted by atomic mass is 9.82. The molecule has 0 amide bonds. The summed E-state index contributed by atoms with van der Waals surface area (Å²) in [6.45, 7) is 7.88. The van der Waals surface area contributed by atoms with Gasteiger partial charge in [0.2, 0.25) is 5.88 Å². The van der Waals surface area contributed by atoms with E-state index in [0.29, 0.717) is 29.6 Å². The number of anilines is 1. The van der Waals surface area contributed by atoms with Crippen LogP contribution in [0.15, 0.2) is 30.6 Å². The standard InChI is InChI=1S/C19H21F4N5O/c1-5-29-15-9-14(28-17(27-15)24-10-25-28)26-16(18(2,3)4)11-6-7-12(13(20)8-11)19(21,22)23/h6-10,16,26H,5H2,1-4H3. The zero-order chi connectivity index (χ0) is 21.4. The minimum absolute atomic E-state index is 0.296. The van der Waals surface area contributed by atoms with Crippen molar-refractivity contribution in [1.29, 1.82) is 0 Å². The summed E-state index contributed by atoms with van der Waals surface area (Å²) in [5.74, 6) is -0.232. The molecule has 1 atom stereocenters. The molecule has 0 fully saturated rings. The van der Waals surface area contributed by atoms with Crippen molar-refractivity contribution < 1.29 is 22.3 Å². The van der Waals surface area contributed by atoms with Crippen LogP contribution in [0.1, 0.15) is 44.9 Å². The van der Waals surface area contributed by atoms with E-state index in [4.69, 9.17) is 4.74 Å². The van der Waals surface area contributed by atoms with E-state index in [9.17, 15) is 17.6 Å². The van der Waals surface area contributed by atoms with E-state index in [-0.39, 0.29) is 0 Å². The highest BCUT2D eigenvalue weighted by Crippen LogP contribution is 2.39. The molecular formula is C19H21F4N5O. The topological polar surface area (TPSA) is 64.3 Å². The Labute approximate surface area is 164 Å². The molecule has 3 rings (SSSR count). The fourth-order valence-electron chi connectivity index (χ4n) is 3.00. The highest BCUT2D eigenvalue weighted by atomic mass is 19.4. The van der Waals surface area contributed by atoms with E-state index in [1.165, 1.54) is 16.9 Å². The van der Waals surface area contributed by atoms with Gasteiger partial charge in [-0.05, 0) is 30.0 Å². The summed E-state index contributed by atoms with van der Waals surface area (Å²) in [5.41, 5.74) is -1.41.